The Balaban J connectivity index is 0.000000644. The minimum atomic E-state index is -0.958. The number of aromatic nitrogens is 8. The summed E-state index contributed by atoms with van der Waals surface area (Å²) in [6, 6.07) is 15.4. The number of benzene rings is 2. The van der Waals surface area contributed by atoms with Crippen LogP contribution in [0.4, 0.5) is 0 Å². The number of Topliss-reactive ketones (excluding diaryl/α,β-unsaturated/α-hetero) is 2. The molecule has 2 unspecified atom stereocenters. The van der Waals surface area contributed by atoms with Gasteiger partial charge in [-0.3, -0.25) is 19.2 Å². The molecule has 2 aromatic carbocycles. The second kappa shape index (κ2) is 46.2. The molecular formula is C72H90Cl3KN10O13S2. The zero-order valence-corrected chi connectivity index (χ0v) is 65.5. The Kier molecular flexibility index (Phi) is 41.9. The summed E-state index contributed by atoms with van der Waals surface area (Å²) in [4.78, 5) is 110. The van der Waals surface area contributed by atoms with Crippen LogP contribution >= 0.6 is 58.3 Å². The number of carboxylic acids is 1. The molecule has 0 saturated carbocycles. The van der Waals surface area contributed by atoms with E-state index in [9.17, 15) is 33.6 Å². The van der Waals surface area contributed by atoms with E-state index in [2.05, 4.69) is 62.6 Å². The van der Waals surface area contributed by atoms with Crippen molar-refractivity contribution >= 4 is 118 Å². The summed E-state index contributed by atoms with van der Waals surface area (Å²) in [5.74, 6) is 3.26. The number of thiophene rings is 2. The van der Waals surface area contributed by atoms with Crippen LogP contribution in [0.2, 0.25) is 10.0 Å². The summed E-state index contributed by atoms with van der Waals surface area (Å²) in [6.07, 6.45) is 15.3. The number of ketones is 2. The fourth-order valence-corrected chi connectivity index (χ4v) is 11.6. The number of ether oxygens (including phenoxy) is 4. The molecule has 0 radical (unpaired) electrons. The zero-order chi connectivity index (χ0) is 71.5. The first kappa shape index (κ1) is 91.6. The number of halogens is 3. The molecule has 0 aliphatic carbocycles. The van der Waals surface area contributed by atoms with Crippen molar-refractivity contribution in [3.63, 3.8) is 0 Å². The third-order valence-corrected chi connectivity index (χ3v) is 17.2. The number of carbonyl (C=O) groups is 7. The van der Waals surface area contributed by atoms with Crippen molar-refractivity contribution < 1.29 is 114 Å². The minimum absolute atomic E-state index is 0. The van der Waals surface area contributed by atoms with Gasteiger partial charge in [0, 0.05) is 113 Å². The largest absolute Gasteiger partial charge is 1.00 e. The number of aromatic amines is 4. The first-order valence-electron chi connectivity index (χ1n) is 31.4. The van der Waals surface area contributed by atoms with Crippen molar-refractivity contribution in [2.24, 2.45) is 5.73 Å². The number of nitrogens with two attached hydrogens (primary N) is 1. The van der Waals surface area contributed by atoms with Crippen LogP contribution in [0.5, 0.6) is 11.5 Å². The number of nitrogens with one attached hydrogen (secondary N) is 5. The number of hydrogen-bond acceptors (Lipinski definition) is 19. The van der Waals surface area contributed by atoms with Gasteiger partial charge in [0.15, 0.2) is 17.9 Å². The van der Waals surface area contributed by atoms with Crippen LogP contribution < -0.4 is 71.9 Å². The monoisotopic (exact) mass is 1510 g/mol. The van der Waals surface area contributed by atoms with Crippen molar-refractivity contribution in [2.45, 2.75) is 141 Å². The van der Waals surface area contributed by atoms with Crippen LogP contribution in [0, 0.1) is 27.7 Å². The van der Waals surface area contributed by atoms with Gasteiger partial charge in [-0.25, -0.2) is 34.3 Å². The number of aldehydes is 1. The number of H-pyrrole nitrogens is 4. The van der Waals surface area contributed by atoms with E-state index in [-0.39, 0.29) is 118 Å². The van der Waals surface area contributed by atoms with E-state index in [4.69, 9.17) is 48.3 Å². The number of fused-ring (bicyclic) bond motifs is 2. The molecule has 101 heavy (non-hydrogen) atoms. The summed E-state index contributed by atoms with van der Waals surface area (Å²) in [5, 5.41) is 12.4. The molecule has 0 spiro atoms. The molecule has 540 valence electrons. The fraction of sp³-hybridized carbons (Fsp3) is 0.347. The molecule has 8 aromatic rings. The molecular weight excluding hydrogens is 1420 g/mol. The SMILES string of the molecule is C.C=CC(=O)OCC.CC(=O)c1ccc(-c2cc(Cl)c3c(c2)CC(CN)O3)s1.CCOC(=O)/C=C/c1nc(CC)[nH]c1C.CCc1nc(/C=C/C(=O)NCC2Cc3cc(-c4ccc(C(C)=O)s4)cc(Cl)c3O2)c(C)[nH]1.CCc1nc(/C=C/C(=O)O)c(C)[nH]1.CCc1nc(C=O)c(C)[nH]1.Cl.[K+].[OH-]. The van der Waals surface area contributed by atoms with Crippen molar-refractivity contribution in [3.8, 4) is 32.4 Å². The maximum absolute atomic E-state index is 12.3. The topological polar surface area (TPSA) is 359 Å². The van der Waals surface area contributed by atoms with Crippen LogP contribution in [0.15, 0.2) is 79.4 Å². The van der Waals surface area contributed by atoms with E-state index in [1.54, 1.807) is 39.8 Å². The molecule has 29 heteroatoms. The number of amides is 1. The van der Waals surface area contributed by atoms with E-state index in [1.807, 2.05) is 97.9 Å². The predicted molar refractivity (Wildman–Crippen MR) is 398 cm³/mol. The second-order valence-corrected chi connectivity index (χ2v) is 24.5. The Morgan fingerprint density at radius 3 is 1.34 bits per heavy atom. The van der Waals surface area contributed by atoms with Gasteiger partial charge in [-0.1, -0.05) is 64.9 Å². The van der Waals surface area contributed by atoms with Crippen molar-refractivity contribution in [1.29, 1.82) is 0 Å². The number of aryl methyl sites for hydroxylation is 8. The molecule has 1 amide bonds. The summed E-state index contributed by atoms with van der Waals surface area (Å²) >= 11 is 15.7. The van der Waals surface area contributed by atoms with Gasteiger partial charge in [0.2, 0.25) is 5.91 Å². The number of aliphatic carboxylic acids is 1. The number of hydrogen-bond donors (Lipinski definition) is 7. The first-order valence-corrected chi connectivity index (χ1v) is 33.8. The third-order valence-electron chi connectivity index (χ3n) is 14.2. The molecule has 2 aliphatic heterocycles. The van der Waals surface area contributed by atoms with Gasteiger partial charge in [-0.05, 0) is 133 Å². The standard InChI is InChI=1S/C24H24ClN3O3S.C15H14ClNO2S.C11H16N2O2.C9H12N2O2.C7H10N2O.C5H8O2.CH4.ClH.K.H2O/c1-4-22-27-13(2)19(28-22)5-8-23(30)26-12-17-10-16-9-15(11-18(25)24(16)31-17)21-7-6-20(32-21)14(3)29;1-8(18)13-2-3-14(20-13)9-4-10-5-11(7-17)19-15(10)12(16)6-9;1-4-10-12-8(3)9(13-10)6-7-11(14)15-5-2;1-3-8-10-6(2)7(11-8)4-5-9(12)13;1-3-7-8-5(2)6(4-10)9-7;1-3-5(6)7-4-2;;;;/h5-9,11,17H,4,10,12H2,1-3H3,(H,26,30)(H,27,28);2-4,6,11H,5,7,17H2,1H3;6-7H,4-5H2,1-3H3,(H,12,13);4-5H,3H2,1-2H3,(H,10,11)(H,12,13);4H,3H2,1-2H3,(H,8,9);3H,1,4H2,2H3;1H4;1H;;1H2/q;;;;;;;;+1;/p-1/b8-5+;;7-6+;5-4+;;;;;;. The number of imidazole rings is 4. The van der Waals surface area contributed by atoms with Gasteiger partial charge in [0.25, 0.3) is 0 Å². The second-order valence-electron chi connectivity index (χ2n) is 21.6. The normalized spacial score (nSPS) is 12.6. The number of esters is 2. The van der Waals surface area contributed by atoms with Gasteiger partial charge in [-0.2, -0.15) is 0 Å². The Labute approximate surface area is 656 Å². The van der Waals surface area contributed by atoms with Crippen molar-refractivity contribution in [1.82, 2.24) is 45.2 Å². The van der Waals surface area contributed by atoms with Crippen molar-refractivity contribution in [2.75, 3.05) is 26.3 Å². The van der Waals surface area contributed by atoms with Crippen LogP contribution in [0.1, 0.15) is 167 Å². The molecule has 10 rings (SSSR count). The van der Waals surface area contributed by atoms with Gasteiger partial charge in [0.1, 0.15) is 52.7 Å². The van der Waals surface area contributed by atoms with E-state index in [0.29, 0.717) is 59.9 Å². The van der Waals surface area contributed by atoms with Gasteiger partial charge < -0.3 is 60.5 Å². The van der Waals surface area contributed by atoms with Gasteiger partial charge >= 0.3 is 69.3 Å². The van der Waals surface area contributed by atoms with E-state index in [0.717, 1.165) is 156 Å². The Hall–Kier alpha value is -7.44. The minimum Gasteiger partial charge on any atom is -0.870 e. The average Bonchev–Trinajstić information content (AvgIpc) is 1.67. The maximum atomic E-state index is 12.3. The van der Waals surface area contributed by atoms with Crippen LogP contribution in [-0.4, -0.2) is 131 Å². The summed E-state index contributed by atoms with van der Waals surface area (Å²) in [5.41, 5.74) is 16.1. The van der Waals surface area contributed by atoms with Crippen molar-refractivity contribution in [3.05, 3.63) is 179 Å². The maximum Gasteiger partial charge on any atom is 1.00 e. The molecule has 0 bridgehead atoms. The van der Waals surface area contributed by atoms with E-state index in [1.165, 1.54) is 40.9 Å². The summed E-state index contributed by atoms with van der Waals surface area (Å²) in [6.45, 7) is 27.1. The molecule has 0 fully saturated rings. The molecule has 2 atom stereocenters. The Bertz CT molecular complexity index is 4150. The number of carbonyl (C=O) groups excluding carboxylic acids is 6. The number of rotatable bonds is 21. The predicted octanol–water partition coefficient (Wildman–Crippen LogP) is 11.5. The van der Waals surface area contributed by atoms with Gasteiger partial charge in [0.05, 0.1) is 56.6 Å². The molecule has 9 N–H and O–H groups in total. The van der Waals surface area contributed by atoms with E-state index >= 15 is 0 Å². The van der Waals surface area contributed by atoms with Gasteiger partial charge in [-0.15, -0.1) is 35.1 Å². The van der Waals surface area contributed by atoms with Crippen LogP contribution in [0.3, 0.4) is 0 Å². The Morgan fingerprint density at radius 2 is 1.00 bits per heavy atom. The Morgan fingerprint density at radius 1 is 0.624 bits per heavy atom. The number of nitrogens with zero attached hydrogens (tertiary/aromatic N) is 4. The van der Waals surface area contributed by atoms with E-state index < -0.39 is 5.97 Å². The molecule has 23 nitrogen and oxygen atoms in total. The summed E-state index contributed by atoms with van der Waals surface area (Å²) in [7, 11) is 0. The average molecular weight is 1510 g/mol. The molecule has 0 saturated heterocycles. The quantitative estimate of drug-likeness (QED) is 0.0115. The van der Waals surface area contributed by atoms with Crippen LogP contribution in [-0.2, 0) is 67.2 Å². The van der Waals surface area contributed by atoms with Crippen LogP contribution in [0.25, 0.3) is 39.1 Å². The third kappa shape index (κ3) is 28.7. The first-order chi connectivity index (χ1) is 46.3. The molecule has 2 aliphatic rings. The number of carboxylic acid groups (broad SMARTS) is 1. The fourth-order valence-electron chi connectivity index (χ4n) is 9.21. The molecule has 6 aromatic heterocycles. The molecule has 8 heterocycles. The smallest absolute Gasteiger partial charge is 0.870 e. The zero-order valence-electron chi connectivity index (χ0n) is 58.4. The summed E-state index contributed by atoms with van der Waals surface area (Å²) < 4.78 is 20.9.